The fourth-order valence-corrected chi connectivity index (χ4v) is 2.31. The number of nitrogens with one attached hydrogen (secondary N) is 2. The summed E-state index contributed by atoms with van der Waals surface area (Å²) >= 11 is 0. The number of carbonyl (C=O) groups excluding carboxylic acids is 2. The highest BCUT2D eigenvalue weighted by Gasteiger charge is 2.29. The van der Waals surface area contributed by atoms with Gasteiger partial charge in [-0.15, -0.1) is 0 Å². The van der Waals surface area contributed by atoms with E-state index >= 15 is 0 Å². The molecule has 0 aliphatic rings. The monoisotopic (exact) mass is 402 g/mol. The van der Waals surface area contributed by atoms with Crippen molar-refractivity contribution in [3.63, 3.8) is 0 Å². The summed E-state index contributed by atoms with van der Waals surface area (Å²) in [5.74, 6) is -4.28. The first kappa shape index (κ1) is 25.1. The predicted octanol–water partition coefficient (Wildman–Crippen LogP) is -2.06. The maximum atomic E-state index is 12.4. The lowest BCUT2D eigenvalue weighted by atomic mass is 10.0. The number of carbonyl (C=O) groups is 4. The van der Waals surface area contributed by atoms with Crippen LogP contribution >= 0.6 is 0 Å². The van der Waals surface area contributed by atoms with Crippen molar-refractivity contribution in [1.29, 1.82) is 0 Å². The van der Waals surface area contributed by atoms with Crippen molar-refractivity contribution < 1.29 is 29.4 Å². The van der Waals surface area contributed by atoms with Gasteiger partial charge in [-0.2, -0.15) is 0 Å². The van der Waals surface area contributed by atoms with Gasteiger partial charge >= 0.3 is 11.9 Å². The van der Waals surface area contributed by atoms with Crippen LogP contribution in [-0.2, 0) is 19.2 Å². The van der Waals surface area contributed by atoms with Gasteiger partial charge in [0.2, 0.25) is 11.8 Å². The van der Waals surface area contributed by atoms with E-state index in [1.165, 1.54) is 0 Å². The van der Waals surface area contributed by atoms with Crippen LogP contribution in [0, 0.1) is 5.92 Å². The topological polar surface area (TPSA) is 223 Å². The molecule has 3 atom stereocenters. The summed E-state index contributed by atoms with van der Waals surface area (Å²) in [4.78, 5) is 50.5. The van der Waals surface area contributed by atoms with E-state index in [-0.39, 0.29) is 31.3 Å². The second kappa shape index (κ2) is 12.5. The molecule has 2 amide bonds. The van der Waals surface area contributed by atoms with Crippen LogP contribution in [0.5, 0.6) is 0 Å². The van der Waals surface area contributed by atoms with Gasteiger partial charge in [0, 0.05) is 6.54 Å². The van der Waals surface area contributed by atoms with E-state index < -0.39 is 48.3 Å². The molecule has 0 aliphatic carbocycles. The van der Waals surface area contributed by atoms with E-state index in [9.17, 15) is 24.3 Å². The third-order valence-electron chi connectivity index (χ3n) is 3.63. The van der Waals surface area contributed by atoms with E-state index in [0.717, 1.165) is 0 Å². The molecule has 0 heterocycles. The minimum Gasteiger partial charge on any atom is -0.481 e. The van der Waals surface area contributed by atoms with Crippen LogP contribution in [0.25, 0.3) is 0 Å². The molecule has 0 saturated heterocycles. The average molecular weight is 402 g/mol. The molecule has 0 spiro atoms. The zero-order valence-electron chi connectivity index (χ0n) is 16.1. The maximum Gasteiger partial charge on any atom is 0.326 e. The summed E-state index contributed by atoms with van der Waals surface area (Å²) in [6, 6.07) is -3.67. The first-order chi connectivity index (χ1) is 12.9. The van der Waals surface area contributed by atoms with Gasteiger partial charge in [0.1, 0.15) is 12.1 Å². The summed E-state index contributed by atoms with van der Waals surface area (Å²) in [5.41, 5.74) is 16.1. The zero-order chi connectivity index (χ0) is 21.9. The lowest BCUT2D eigenvalue weighted by molar-refractivity contribution is -0.143. The van der Waals surface area contributed by atoms with Crippen molar-refractivity contribution in [2.24, 2.45) is 28.1 Å². The van der Waals surface area contributed by atoms with Gasteiger partial charge in [-0.05, 0) is 25.2 Å². The molecule has 0 aromatic rings. The minimum absolute atomic E-state index is 0.0124. The van der Waals surface area contributed by atoms with Crippen molar-refractivity contribution in [3.05, 3.63) is 0 Å². The Bertz CT molecular complexity index is 590. The fourth-order valence-electron chi connectivity index (χ4n) is 2.31. The van der Waals surface area contributed by atoms with E-state index in [2.05, 4.69) is 15.6 Å². The number of aliphatic carboxylic acids is 2. The standard InChI is InChI=1S/C16H30N6O6/c1-8(2)6-9(17)13(25)22-11(7-12(23)24)14(26)21-10(15(27)28)4-3-5-20-16(18)19/h8-11H,3-7,17H2,1-2H3,(H,21,26)(H,22,25)(H,23,24)(H,27,28)(H4,18,19,20). The van der Waals surface area contributed by atoms with E-state index in [0.29, 0.717) is 6.42 Å². The molecule has 0 saturated carbocycles. The molecule has 0 rings (SSSR count). The molecule has 10 N–H and O–H groups in total. The van der Waals surface area contributed by atoms with E-state index in [1.54, 1.807) is 0 Å². The molecule has 28 heavy (non-hydrogen) atoms. The normalized spacial score (nSPS) is 13.9. The minimum atomic E-state index is -1.46. The maximum absolute atomic E-state index is 12.4. The molecule has 0 bridgehead atoms. The highest BCUT2D eigenvalue weighted by Crippen LogP contribution is 2.05. The number of rotatable bonds is 13. The smallest absolute Gasteiger partial charge is 0.326 e. The Kier molecular flexibility index (Phi) is 11.2. The van der Waals surface area contributed by atoms with Crippen molar-refractivity contribution in [2.75, 3.05) is 6.54 Å². The second-order valence-corrected chi connectivity index (χ2v) is 6.74. The van der Waals surface area contributed by atoms with Crippen LogP contribution in [0.2, 0.25) is 0 Å². The van der Waals surface area contributed by atoms with Crippen LogP contribution in [0.1, 0.15) is 39.5 Å². The molecule has 3 unspecified atom stereocenters. The van der Waals surface area contributed by atoms with Crippen LogP contribution in [0.4, 0.5) is 0 Å². The summed E-state index contributed by atoms with van der Waals surface area (Å²) in [5, 5.41) is 22.7. The van der Waals surface area contributed by atoms with Gasteiger partial charge in [0.15, 0.2) is 5.96 Å². The average Bonchev–Trinajstić information content (AvgIpc) is 2.55. The van der Waals surface area contributed by atoms with E-state index in [4.69, 9.17) is 22.3 Å². The van der Waals surface area contributed by atoms with Gasteiger partial charge in [-0.25, -0.2) is 4.79 Å². The van der Waals surface area contributed by atoms with Gasteiger partial charge in [0.25, 0.3) is 0 Å². The first-order valence-corrected chi connectivity index (χ1v) is 8.80. The highest BCUT2D eigenvalue weighted by atomic mass is 16.4. The summed E-state index contributed by atoms with van der Waals surface area (Å²) in [6.45, 7) is 3.88. The number of amides is 2. The molecule has 0 radical (unpaired) electrons. The molecular weight excluding hydrogens is 372 g/mol. The number of carboxylic acids is 2. The van der Waals surface area contributed by atoms with Crippen LogP contribution < -0.4 is 27.8 Å². The molecule has 0 aromatic heterocycles. The van der Waals surface area contributed by atoms with Crippen molar-refractivity contribution in [2.45, 2.75) is 57.7 Å². The third kappa shape index (κ3) is 11.0. The molecule has 12 nitrogen and oxygen atoms in total. The van der Waals surface area contributed by atoms with Gasteiger partial charge < -0.3 is 38.0 Å². The second-order valence-electron chi connectivity index (χ2n) is 6.74. The van der Waals surface area contributed by atoms with Crippen molar-refractivity contribution in [1.82, 2.24) is 10.6 Å². The number of guanidine groups is 1. The highest BCUT2D eigenvalue weighted by molar-refractivity contribution is 5.93. The molecule has 0 fully saturated rings. The molecule has 0 aliphatic heterocycles. The summed E-state index contributed by atoms with van der Waals surface area (Å²) < 4.78 is 0. The van der Waals surface area contributed by atoms with Crippen molar-refractivity contribution in [3.8, 4) is 0 Å². The molecule has 12 heteroatoms. The molecule has 160 valence electrons. The lowest BCUT2D eigenvalue weighted by Gasteiger charge is -2.22. The third-order valence-corrected chi connectivity index (χ3v) is 3.63. The van der Waals surface area contributed by atoms with Crippen molar-refractivity contribution >= 4 is 29.7 Å². The van der Waals surface area contributed by atoms with Gasteiger partial charge in [-0.1, -0.05) is 13.8 Å². The number of nitrogens with zero attached hydrogens (tertiary/aromatic N) is 1. The van der Waals surface area contributed by atoms with Gasteiger partial charge in [-0.3, -0.25) is 19.4 Å². The van der Waals surface area contributed by atoms with Crippen LogP contribution in [-0.4, -0.2) is 64.6 Å². The Morgan fingerprint density at radius 2 is 1.57 bits per heavy atom. The summed E-state index contributed by atoms with van der Waals surface area (Å²) in [6.07, 6.45) is -0.0923. The number of hydrogen-bond donors (Lipinski definition) is 7. The lowest BCUT2D eigenvalue weighted by Crippen LogP contribution is -2.55. The number of aliphatic imine (C=N–C) groups is 1. The SMILES string of the molecule is CC(C)CC(N)C(=O)NC(CC(=O)O)C(=O)NC(CCCN=C(N)N)C(=O)O. The number of nitrogens with two attached hydrogens (primary N) is 3. The Morgan fingerprint density at radius 3 is 2.04 bits per heavy atom. The Hall–Kier alpha value is -2.89. The summed E-state index contributed by atoms with van der Waals surface area (Å²) in [7, 11) is 0. The van der Waals surface area contributed by atoms with Crippen LogP contribution in [0.15, 0.2) is 4.99 Å². The van der Waals surface area contributed by atoms with E-state index in [1.807, 2.05) is 13.8 Å². The Balaban J connectivity index is 5.00. The molecule has 0 aromatic carbocycles. The zero-order valence-corrected chi connectivity index (χ0v) is 16.1. The van der Waals surface area contributed by atoms with Gasteiger partial charge in [0.05, 0.1) is 12.5 Å². The number of hydrogen-bond acceptors (Lipinski definition) is 6. The Morgan fingerprint density at radius 1 is 1.00 bits per heavy atom. The number of carboxylic acid groups (broad SMARTS) is 2. The largest absolute Gasteiger partial charge is 0.481 e. The predicted molar refractivity (Wildman–Crippen MR) is 101 cm³/mol. The molecular formula is C16H30N6O6. The Labute approximate surface area is 162 Å². The van der Waals surface area contributed by atoms with Crippen LogP contribution in [0.3, 0.4) is 0 Å². The fraction of sp³-hybridized carbons (Fsp3) is 0.688. The quantitative estimate of drug-likeness (QED) is 0.102. The first-order valence-electron chi connectivity index (χ1n) is 8.80.